The molecular formula is C9H11N3O3S2. The van der Waals surface area contributed by atoms with Gasteiger partial charge in [-0.1, -0.05) is 23.7 Å². The second kappa shape index (κ2) is 4.57. The van der Waals surface area contributed by atoms with Gasteiger partial charge in [0.1, 0.15) is 0 Å². The smallest absolute Gasteiger partial charge is 0.268 e. The van der Waals surface area contributed by atoms with Gasteiger partial charge < -0.3 is 0 Å². The fourth-order valence-electron chi connectivity index (χ4n) is 1.45. The van der Waals surface area contributed by atoms with Crippen LogP contribution in [0, 0.1) is 0 Å². The molecule has 0 aliphatic rings. The zero-order chi connectivity index (χ0) is 12.5. The lowest BCUT2D eigenvalue weighted by Gasteiger charge is -2.00. The summed E-state index contributed by atoms with van der Waals surface area (Å²) < 4.78 is 25.8. The highest BCUT2D eigenvalue weighted by Crippen LogP contribution is 2.15. The first-order valence-electron chi connectivity index (χ1n) is 4.83. The van der Waals surface area contributed by atoms with E-state index in [0.29, 0.717) is 5.39 Å². The van der Waals surface area contributed by atoms with Gasteiger partial charge in [-0.2, -0.15) is 8.42 Å². The molecule has 0 radical (unpaired) electrons. The van der Waals surface area contributed by atoms with Crippen molar-refractivity contribution in [2.45, 2.75) is 6.54 Å². The highest BCUT2D eigenvalue weighted by Gasteiger charge is 2.07. The summed E-state index contributed by atoms with van der Waals surface area (Å²) in [5, 5.41) is 5.44. The van der Waals surface area contributed by atoms with Crippen LogP contribution in [0.3, 0.4) is 0 Å². The van der Waals surface area contributed by atoms with Crippen LogP contribution in [0.5, 0.6) is 0 Å². The number of nitrogens with one attached hydrogen (secondary N) is 1. The second-order valence-electron chi connectivity index (χ2n) is 3.43. The molecule has 8 heteroatoms. The molecule has 0 fully saturated rings. The van der Waals surface area contributed by atoms with Crippen LogP contribution < -0.4 is 15.4 Å². The molecule has 1 aromatic heterocycles. The molecule has 1 heterocycles. The van der Waals surface area contributed by atoms with Crippen molar-refractivity contribution in [3.63, 3.8) is 0 Å². The minimum atomic E-state index is -3.70. The SMILES string of the molecule is NS(=O)(=O)NCCn1sc2ccccc2c1=O. The highest BCUT2D eigenvalue weighted by molar-refractivity contribution is 7.87. The van der Waals surface area contributed by atoms with Crippen LogP contribution in [0.1, 0.15) is 0 Å². The topological polar surface area (TPSA) is 94.2 Å². The van der Waals surface area contributed by atoms with E-state index in [9.17, 15) is 13.2 Å². The number of hydrogen-bond acceptors (Lipinski definition) is 4. The Balaban J connectivity index is 2.20. The molecule has 1 aromatic carbocycles. The molecule has 92 valence electrons. The first-order valence-corrected chi connectivity index (χ1v) is 7.15. The predicted molar refractivity (Wildman–Crippen MR) is 67.2 cm³/mol. The molecule has 3 N–H and O–H groups in total. The molecule has 0 aliphatic heterocycles. The zero-order valence-corrected chi connectivity index (χ0v) is 10.4. The van der Waals surface area contributed by atoms with Crippen molar-refractivity contribution in [3.8, 4) is 0 Å². The molecule has 0 bridgehead atoms. The molecule has 0 saturated carbocycles. The summed E-state index contributed by atoms with van der Waals surface area (Å²) in [7, 11) is -3.70. The quantitative estimate of drug-likeness (QED) is 0.811. The first kappa shape index (κ1) is 12.2. The summed E-state index contributed by atoms with van der Waals surface area (Å²) >= 11 is 1.30. The van der Waals surface area contributed by atoms with E-state index in [-0.39, 0.29) is 18.6 Å². The fourth-order valence-corrected chi connectivity index (χ4v) is 2.82. The minimum Gasteiger partial charge on any atom is -0.268 e. The van der Waals surface area contributed by atoms with Gasteiger partial charge >= 0.3 is 0 Å². The second-order valence-corrected chi connectivity index (χ2v) is 5.88. The van der Waals surface area contributed by atoms with Crippen molar-refractivity contribution in [1.82, 2.24) is 8.68 Å². The molecule has 0 amide bonds. The van der Waals surface area contributed by atoms with E-state index in [2.05, 4.69) is 4.72 Å². The maximum Gasteiger partial charge on any atom is 0.274 e. The lowest BCUT2D eigenvalue weighted by molar-refractivity contribution is 0.577. The van der Waals surface area contributed by atoms with Gasteiger partial charge in [-0.05, 0) is 12.1 Å². The van der Waals surface area contributed by atoms with Crippen LogP contribution in [-0.4, -0.2) is 18.9 Å². The Labute approximate surface area is 102 Å². The summed E-state index contributed by atoms with van der Waals surface area (Å²) in [5.74, 6) is 0. The number of benzene rings is 1. The average Bonchev–Trinajstić information content (AvgIpc) is 2.55. The minimum absolute atomic E-state index is 0.103. The molecule has 17 heavy (non-hydrogen) atoms. The standard InChI is InChI=1S/C9H11N3O3S2/c10-17(14,15)11-5-6-12-9(13)7-3-1-2-4-8(7)16-12/h1-4,11H,5-6H2,(H2,10,14,15). The van der Waals surface area contributed by atoms with Crippen molar-refractivity contribution >= 4 is 31.8 Å². The molecular weight excluding hydrogens is 262 g/mol. The molecule has 2 aromatic rings. The summed E-state index contributed by atoms with van der Waals surface area (Å²) in [4.78, 5) is 11.8. The molecule has 0 atom stereocenters. The predicted octanol–water partition coefficient (Wildman–Crippen LogP) is -0.144. The summed E-state index contributed by atoms with van der Waals surface area (Å²) in [5.41, 5.74) is -0.109. The Morgan fingerprint density at radius 3 is 2.71 bits per heavy atom. The third kappa shape index (κ3) is 2.91. The average molecular weight is 273 g/mol. The third-order valence-electron chi connectivity index (χ3n) is 2.17. The molecule has 0 saturated heterocycles. The van der Waals surface area contributed by atoms with Crippen molar-refractivity contribution in [2.75, 3.05) is 6.54 Å². The van der Waals surface area contributed by atoms with Crippen molar-refractivity contribution in [1.29, 1.82) is 0 Å². The Hall–Kier alpha value is -1.22. The Kier molecular flexibility index (Phi) is 3.29. The van der Waals surface area contributed by atoms with Gasteiger partial charge in [0.15, 0.2) is 0 Å². The van der Waals surface area contributed by atoms with Crippen LogP contribution >= 0.6 is 11.5 Å². The number of fused-ring (bicyclic) bond motifs is 1. The van der Waals surface area contributed by atoms with Crippen LogP contribution in [0.2, 0.25) is 0 Å². The summed E-state index contributed by atoms with van der Waals surface area (Å²) in [6.07, 6.45) is 0. The summed E-state index contributed by atoms with van der Waals surface area (Å²) in [6.45, 7) is 0.375. The van der Waals surface area contributed by atoms with Crippen LogP contribution in [0.15, 0.2) is 29.1 Å². The maximum absolute atomic E-state index is 11.8. The Morgan fingerprint density at radius 1 is 1.35 bits per heavy atom. The van der Waals surface area contributed by atoms with Crippen molar-refractivity contribution in [2.24, 2.45) is 5.14 Å². The fraction of sp³-hybridized carbons (Fsp3) is 0.222. The zero-order valence-electron chi connectivity index (χ0n) is 8.79. The first-order chi connectivity index (χ1) is 7.97. The lowest BCUT2D eigenvalue weighted by atomic mass is 10.3. The van der Waals surface area contributed by atoms with Gasteiger partial charge in [0.2, 0.25) is 0 Å². The highest BCUT2D eigenvalue weighted by atomic mass is 32.2. The molecule has 2 rings (SSSR count). The van der Waals surface area contributed by atoms with E-state index in [1.807, 2.05) is 12.1 Å². The molecule has 0 aliphatic carbocycles. The molecule has 0 unspecified atom stereocenters. The molecule has 0 spiro atoms. The Morgan fingerprint density at radius 2 is 2.06 bits per heavy atom. The van der Waals surface area contributed by atoms with Gasteiger partial charge in [-0.25, -0.2) is 9.86 Å². The number of aromatic nitrogens is 1. The number of nitrogens with two attached hydrogens (primary N) is 1. The van der Waals surface area contributed by atoms with E-state index in [4.69, 9.17) is 5.14 Å². The van der Waals surface area contributed by atoms with Crippen LogP contribution in [-0.2, 0) is 16.8 Å². The van der Waals surface area contributed by atoms with Gasteiger partial charge in [-0.3, -0.25) is 8.75 Å². The van der Waals surface area contributed by atoms with E-state index >= 15 is 0 Å². The van der Waals surface area contributed by atoms with Gasteiger partial charge in [0.25, 0.3) is 15.8 Å². The van der Waals surface area contributed by atoms with Crippen LogP contribution in [0.25, 0.3) is 10.1 Å². The number of nitrogens with zero attached hydrogens (tertiary/aromatic N) is 1. The van der Waals surface area contributed by atoms with Gasteiger partial charge in [-0.15, -0.1) is 0 Å². The largest absolute Gasteiger partial charge is 0.274 e. The lowest BCUT2D eigenvalue weighted by Crippen LogP contribution is -2.34. The monoisotopic (exact) mass is 273 g/mol. The van der Waals surface area contributed by atoms with Crippen molar-refractivity contribution < 1.29 is 8.42 Å². The molecule has 6 nitrogen and oxygen atoms in total. The maximum atomic E-state index is 11.8. The number of hydrogen-bond donors (Lipinski definition) is 2. The van der Waals surface area contributed by atoms with Gasteiger partial charge in [0.05, 0.1) is 16.6 Å². The van der Waals surface area contributed by atoms with E-state index in [1.54, 1.807) is 12.1 Å². The number of rotatable bonds is 4. The Bertz CT molecular complexity index is 687. The third-order valence-corrected chi connectivity index (χ3v) is 3.90. The van der Waals surface area contributed by atoms with Crippen LogP contribution in [0.4, 0.5) is 0 Å². The van der Waals surface area contributed by atoms with E-state index in [1.165, 1.54) is 15.5 Å². The van der Waals surface area contributed by atoms with E-state index in [0.717, 1.165) is 4.70 Å². The summed E-state index contributed by atoms with van der Waals surface area (Å²) in [6, 6.07) is 7.25. The van der Waals surface area contributed by atoms with E-state index < -0.39 is 10.2 Å². The van der Waals surface area contributed by atoms with Gasteiger partial charge in [0, 0.05) is 6.54 Å². The van der Waals surface area contributed by atoms with Crippen molar-refractivity contribution in [3.05, 3.63) is 34.6 Å². The normalized spacial score (nSPS) is 12.1.